The molecule has 1 aliphatic carbocycles. The SMILES string of the molecule is CCCC(C)CC1(CNCC)CCOC1C1CC1. The normalized spacial score (nSPS) is 33.8. The van der Waals surface area contributed by atoms with E-state index in [2.05, 4.69) is 26.1 Å². The van der Waals surface area contributed by atoms with Crippen molar-refractivity contribution in [1.29, 1.82) is 0 Å². The topological polar surface area (TPSA) is 21.3 Å². The van der Waals surface area contributed by atoms with E-state index in [9.17, 15) is 0 Å². The third kappa shape index (κ3) is 3.27. The Morgan fingerprint density at radius 2 is 2.11 bits per heavy atom. The lowest BCUT2D eigenvalue weighted by molar-refractivity contribution is 0.0192. The van der Waals surface area contributed by atoms with Gasteiger partial charge in [0.25, 0.3) is 0 Å². The molecule has 3 atom stereocenters. The Kier molecular flexibility index (Phi) is 5.08. The van der Waals surface area contributed by atoms with Crippen molar-refractivity contribution in [2.45, 2.75) is 65.4 Å². The van der Waals surface area contributed by atoms with Crippen molar-refractivity contribution in [1.82, 2.24) is 5.32 Å². The average molecular weight is 253 g/mol. The summed E-state index contributed by atoms with van der Waals surface area (Å²) in [5.41, 5.74) is 0.436. The highest BCUT2D eigenvalue weighted by Crippen LogP contribution is 2.50. The van der Waals surface area contributed by atoms with Gasteiger partial charge in [-0.1, -0.05) is 33.6 Å². The molecule has 0 aromatic heterocycles. The fraction of sp³-hybridized carbons (Fsp3) is 1.00. The third-order valence-electron chi connectivity index (χ3n) is 4.81. The monoisotopic (exact) mass is 253 g/mol. The zero-order valence-electron chi connectivity index (χ0n) is 12.5. The van der Waals surface area contributed by atoms with Gasteiger partial charge in [0.1, 0.15) is 0 Å². The van der Waals surface area contributed by atoms with Crippen molar-refractivity contribution in [2.24, 2.45) is 17.3 Å². The average Bonchev–Trinajstić information content (AvgIpc) is 3.10. The lowest BCUT2D eigenvalue weighted by Gasteiger charge is -2.37. The highest BCUT2D eigenvalue weighted by Gasteiger charge is 2.50. The minimum Gasteiger partial charge on any atom is -0.377 e. The second kappa shape index (κ2) is 6.38. The third-order valence-corrected chi connectivity index (χ3v) is 4.81. The van der Waals surface area contributed by atoms with E-state index >= 15 is 0 Å². The van der Waals surface area contributed by atoms with E-state index in [1.165, 1.54) is 45.1 Å². The molecule has 2 heteroatoms. The van der Waals surface area contributed by atoms with Crippen molar-refractivity contribution < 1.29 is 4.74 Å². The predicted octanol–water partition coefficient (Wildman–Crippen LogP) is 3.61. The van der Waals surface area contributed by atoms with Gasteiger partial charge in [-0.3, -0.25) is 0 Å². The van der Waals surface area contributed by atoms with Gasteiger partial charge in [-0.05, 0) is 44.1 Å². The summed E-state index contributed by atoms with van der Waals surface area (Å²) >= 11 is 0. The summed E-state index contributed by atoms with van der Waals surface area (Å²) in [5, 5.41) is 3.61. The number of hydrogen-bond acceptors (Lipinski definition) is 2. The Balaban J connectivity index is 2.01. The summed E-state index contributed by atoms with van der Waals surface area (Å²) < 4.78 is 6.13. The van der Waals surface area contributed by atoms with Gasteiger partial charge in [-0.25, -0.2) is 0 Å². The molecule has 0 amide bonds. The fourth-order valence-electron chi connectivity index (χ4n) is 3.89. The van der Waals surface area contributed by atoms with E-state index < -0.39 is 0 Å². The predicted molar refractivity (Wildman–Crippen MR) is 76.7 cm³/mol. The van der Waals surface area contributed by atoms with Crippen LogP contribution in [0, 0.1) is 17.3 Å². The highest BCUT2D eigenvalue weighted by molar-refractivity contribution is 5.01. The smallest absolute Gasteiger partial charge is 0.0672 e. The van der Waals surface area contributed by atoms with E-state index in [1.54, 1.807) is 0 Å². The Morgan fingerprint density at radius 1 is 1.33 bits per heavy atom. The van der Waals surface area contributed by atoms with Crippen LogP contribution in [-0.2, 0) is 4.74 Å². The molecule has 18 heavy (non-hydrogen) atoms. The van der Waals surface area contributed by atoms with Gasteiger partial charge in [-0.15, -0.1) is 0 Å². The van der Waals surface area contributed by atoms with Crippen LogP contribution in [0.15, 0.2) is 0 Å². The van der Waals surface area contributed by atoms with Crippen LogP contribution in [0.4, 0.5) is 0 Å². The van der Waals surface area contributed by atoms with Crippen LogP contribution in [0.1, 0.15) is 59.3 Å². The van der Waals surface area contributed by atoms with E-state index in [-0.39, 0.29) is 0 Å². The first-order chi connectivity index (χ1) is 8.72. The zero-order chi connectivity index (χ0) is 13.0. The van der Waals surface area contributed by atoms with Gasteiger partial charge in [0.05, 0.1) is 6.10 Å². The van der Waals surface area contributed by atoms with Crippen LogP contribution < -0.4 is 5.32 Å². The first kappa shape index (κ1) is 14.3. The van der Waals surface area contributed by atoms with Crippen LogP contribution in [0.25, 0.3) is 0 Å². The molecule has 2 fully saturated rings. The molecule has 0 spiro atoms. The Morgan fingerprint density at radius 3 is 2.72 bits per heavy atom. The second-order valence-electron chi connectivity index (χ2n) is 6.62. The van der Waals surface area contributed by atoms with E-state index in [0.717, 1.165) is 25.0 Å². The molecule has 3 unspecified atom stereocenters. The lowest BCUT2D eigenvalue weighted by Crippen LogP contribution is -2.43. The number of rotatable bonds is 8. The highest BCUT2D eigenvalue weighted by atomic mass is 16.5. The summed E-state index contributed by atoms with van der Waals surface area (Å²) in [6, 6.07) is 0. The summed E-state index contributed by atoms with van der Waals surface area (Å²) in [6.07, 6.45) is 8.67. The first-order valence-electron chi connectivity index (χ1n) is 8.04. The maximum atomic E-state index is 6.13. The summed E-state index contributed by atoms with van der Waals surface area (Å²) in [7, 11) is 0. The Labute approximate surface area is 113 Å². The maximum Gasteiger partial charge on any atom is 0.0672 e. The molecule has 106 valence electrons. The summed E-state index contributed by atoms with van der Waals surface area (Å²) in [6.45, 7) is 10.2. The molecule has 0 radical (unpaired) electrons. The summed E-state index contributed by atoms with van der Waals surface area (Å²) in [5.74, 6) is 1.72. The van der Waals surface area contributed by atoms with Crippen molar-refractivity contribution >= 4 is 0 Å². The van der Waals surface area contributed by atoms with E-state index in [1.807, 2.05) is 0 Å². The van der Waals surface area contributed by atoms with Gasteiger partial charge in [0, 0.05) is 18.6 Å². The molecule has 1 heterocycles. The van der Waals surface area contributed by atoms with Gasteiger partial charge in [-0.2, -0.15) is 0 Å². The van der Waals surface area contributed by atoms with Crippen molar-refractivity contribution in [3.63, 3.8) is 0 Å². The lowest BCUT2D eigenvalue weighted by atomic mass is 9.72. The second-order valence-corrected chi connectivity index (χ2v) is 6.62. The van der Waals surface area contributed by atoms with Crippen LogP contribution >= 0.6 is 0 Å². The van der Waals surface area contributed by atoms with Crippen LogP contribution in [0.3, 0.4) is 0 Å². The number of ether oxygens (including phenoxy) is 1. The van der Waals surface area contributed by atoms with Gasteiger partial charge in [0.2, 0.25) is 0 Å². The zero-order valence-corrected chi connectivity index (χ0v) is 12.5. The van der Waals surface area contributed by atoms with Crippen molar-refractivity contribution in [3.05, 3.63) is 0 Å². The van der Waals surface area contributed by atoms with Crippen molar-refractivity contribution in [2.75, 3.05) is 19.7 Å². The molecule has 2 rings (SSSR count). The first-order valence-corrected chi connectivity index (χ1v) is 8.04. The minimum atomic E-state index is 0.436. The molecule has 0 aromatic carbocycles. The molecule has 2 nitrogen and oxygen atoms in total. The van der Waals surface area contributed by atoms with Gasteiger partial charge in [0.15, 0.2) is 0 Å². The summed E-state index contributed by atoms with van der Waals surface area (Å²) in [4.78, 5) is 0. The largest absolute Gasteiger partial charge is 0.377 e. The molecular formula is C16H31NO. The molecule has 0 bridgehead atoms. The molecule has 1 saturated heterocycles. The fourth-order valence-corrected chi connectivity index (χ4v) is 3.89. The Bertz CT molecular complexity index is 251. The quantitative estimate of drug-likeness (QED) is 0.713. The standard InChI is InChI=1S/C16H31NO/c1-4-6-13(3)11-16(12-17-5-2)9-10-18-15(16)14-7-8-14/h13-15,17H,4-12H2,1-3H3. The van der Waals surface area contributed by atoms with E-state index in [4.69, 9.17) is 4.74 Å². The minimum absolute atomic E-state index is 0.436. The van der Waals surface area contributed by atoms with Gasteiger partial charge >= 0.3 is 0 Å². The Hall–Kier alpha value is -0.0800. The van der Waals surface area contributed by atoms with Crippen LogP contribution in [0.5, 0.6) is 0 Å². The van der Waals surface area contributed by atoms with Gasteiger partial charge < -0.3 is 10.1 Å². The molecule has 1 saturated carbocycles. The molecule has 0 aromatic rings. The van der Waals surface area contributed by atoms with Crippen LogP contribution in [0.2, 0.25) is 0 Å². The molecule has 1 aliphatic heterocycles. The molecular weight excluding hydrogens is 222 g/mol. The van der Waals surface area contributed by atoms with E-state index in [0.29, 0.717) is 11.5 Å². The number of nitrogens with one attached hydrogen (secondary N) is 1. The maximum absolute atomic E-state index is 6.13. The molecule has 2 aliphatic rings. The van der Waals surface area contributed by atoms with Crippen LogP contribution in [-0.4, -0.2) is 25.8 Å². The number of hydrogen-bond donors (Lipinski definition) is 1. The van der Waals surface area contributed by atoms with Crippen molar-refractivity contribution in [3.8, 4) is 0 Å². The molecule has 1 N–H and O–H groups in total.